The monoisotopic (exact) mass is 378 g/mol. The minimum Gasteiger partial charge on any atom is -0.272 e. The van der Waals surface area contributed by atoms with E-state index in [0.717, 1.165) is 28.7 Å². The maximum Gasteiger partial charge on any atom is 0.0930 e. The predicted octanol–water partition coefficient (Wildman–Crippen LogP) is 5.62. The lowest BCUT2D eigenvalue weighted by molar-refractivity contribution is -0.0924. The first-order valence-corrected chi connectivity index (χ1v) is 11.3. The van der Waals surface area contributed by atoms with Crippen LogP contribution in [-0.4, -0.2) is 16.0 Å². The molecule has 25 heavy (non-hydrogen) atoms. The van der Waals surface area contributed by atoms with Crippen molar-refractivity contribution in [1.82, 2.24) is 5.43 Å². The predicted molar refractivity (Wildman–Crippen MR) is 113 cm³/mol. The molecular weight excluding hydrogens is 344 g/mol. The Hall–Kier alpha value is -0.0900. The van der Waals surface area contributed by atoms with Gasteiger partial charge in [0, 0.05) is 16.4 Å². The summed E-state index contributed by atoms with van der Waals surface area (Å²) in [5, 5.41) is 5.39. The maximum atomic E-state index is 5.17. The van der Waals surface area contributed by atoms with E-state index in [1.54, 1.807) is 0 Å². The van der Waals surface area contributed by atoms with E-state index in [4.69, 9.17) is 29.9 Å². The van der Waals surface area contributed by atoms with E-state index in [9.17, 15) is 0 Å². The van der Waals surface area contributed by atoms with Gasteiger partial charge in [-0.15, -0.1) is 0 Å². The van der Waals surface area contributed by atoms with Crippen molar-refractivity contribution >= 4 is 35.5 Å². The van der Waals surface area contributed by atoms with E-state index < -0.39 is 0 Å². The summed E-state index contributed by atoms with van der Waals surface area (Å²) in [6.07, 6.45) is 12.2. The molecule has 0 bridgehead atoms. The number of hydrogen-bond donors (Lipinski definition) is 2. The number of nitrogens with one attached hydrogen (secondary N) is 1. The molecule has 1 N–H and O–H groups in total. The normalized spacial score (nSPS) is 50.7. The van der Waals surface area contributed by atoms with Crippen LogP contribution in [0.5, 0.6) is 0 Å². The summed E-state index contributed by atoms with van der Waals surface area (Å²) in [4.78, 5) is 0.782. The van der Waals surface area contributed by atoms with Gasteiger partial charge in [-0.1, -0.05) is 26.1 Å². The van der Waals surface area contributed by atoms with Gasteiger partial charge in [-0.3, -0.25) is 5.43 Å². The number of fused-ring (bicyclic) bond motifs is 5. The van der Waals surface area contributed by atoms with Gasteiger partial charge in [0.2, 0.25) is 0 Å². The molecule has 0 saturated heterocycles. The zero-order chi connectivity index (χ0) is 17.8. The van der Waals surface area contributed by atoms with Crippen molar-refractivity contribution in [2.24, 2.45) is 39.6 Å². The Bertz CT molecular complexity index is 588. The average molecular weight is 379 g/mol. The van der Waals surface area contributed by atoms with Gasteiger partial charge in [0.15, 0.2) is 0 Å². The van der Waals surface area contributed by atoms with E-state index in [2.05, 4.69) is 19.3 Å². The van der Waals surface area contributed by atoms with Crippen molar-refractivity contribution in [3.63, 3.8) is 0 Å². The fourth-order valence-corrected chi connectivity index (χ4v) is 7.78. The fraction of sp³-hybridized carbons (Fsp3) is 0.905. The van der Waals surface area contributed by atoms with E-state index in [1.165, 1.54) is 63.5 Å². The average Bonchev–Trinajstić information content (AvgIpc) is 2.90. The molecule has 4 aliphatic carbocycles. The lowest BCUT2D eigenvalue weighted by Gasteiger charge is -2.60. The van der Waals surface area contributed by atoms with Crippen molar-refractivity contribution in [2.45, 2.75) is 83.8 Å². The van der Waals surface area contributed by atoms with Crippen molar-refractivity contribution in [3.8, 4) is 0 Å². The molecule has 0 aromatic rings. The van der Waals surface area contributed by atoms with E-state index in [-0.39, 0.29) is 0 Å². The van der Waals surface area contributed by atoms with Crippen LogP contribution in [0.1, 0.15) is 78.6 Å². The molecular formula is C21H34N2S2. The Morgan fingerprint density at radius 1 is 1.12 bits per heavy atom. The molecule has 0 aromatic carbocycles. The molecule has 4 aliphatic rings. The zero-order valence-electron chi connectivity index (χ0n) is 16.1. The molecule has 0 heterocycles. The van der Waals surface area contributed by atoms with Gasteiger partial charge >= 0.3 is 0 Å². The van der Waals surface area contributed by atoms with E-state index >= 15 is 0 Å². The molecule has 0 aromatic heterocycles. The van der Waals surface area contributed by atoms with E-state index in [0.29, 0.717) is 16.1 Å². The summed E-state index contributed by atoms with van der Waals surface area (Å²) in [5.41, 5.74) is 5.37. The molecule has 4 fully saturated rings. The van der Waals surface area contributed by atoms with E-state index in [1.807, 2.05) is 6.92 Å². The summed E-state index contributed by atoms with van der Waals surface area (Å²) in [6, 6.07) is 0. The summed E-state index contributed by atoms with van der Waals surface area (Å²) in [7, 11) is 0. The topological polar surface area (TPSA) is 24.4 Å². The number of nitrogens with zero attached hydrogens (tertiary/aromatic N) is 1. The Balaban J connectivity index is 1.58. The Morgan fingerprint density at radius 3 is 2.68 bits per heavy atom. The van der Waals surface area contributed by atoms with Crippen LogP contribution in [0, 0.1) is 34.5 Å². The van der Waals surface area contributed by atoms with Gasteiger partial charge < -0.3 is 0 Å². The van der Waals surface area contributed by atoms with Crippen molar-refractivity contribution in [3.05, 3.63) is 0 Å². The lowest BCUT2D eigenvalue weighted by Crippen LogP contribution is -2.53. The molecule has 2 nitrogen and oxygen atoms in total. The first-order chi connectivity index (χ1) is 11.8. The van der Waals surface area contributed by atoms with Gasteiger partial charge in [-0.25, -0.2) is 0 Å². The lowest BCUT2D eigenvalue weighted by atomic mass is 9.45. The molecule has 0 spiro atoms. The quantitative estimate of drug-likeness (QED) is 0.351. The minimum atomic E-state index is 0.308. The van der Waals surface area contributed by atoms with Gasteiger partial charge in [-0.2, -0.15) is 17.7 Å². The highest BCUT2D eigenvalue weighted by Crippen LogP contribution is 2.65. The molecule has 4 saturated carbocycles. The highest BCUT2D eigenvalue weighted by atomic mass is 32.1. The van der Waals surface area contributed by atoms with Crippen molar-refractivity contribution in [2.75, 3.05) is 0 Å². The third-order valence-electron chi connectivity index (χ3n) is 8.73. The second kappa shape index (κ2) is 6.51. The highest BCUT2D eigenvalue weighted by molar-refractivity contribution is 7.81. The second-order valence-electron chi connectivity index (χ2n) is 9.81. The van der Waals surface area contributed by atoms with Crippen LogP contribution in [0.4, 0.5) is 0 Å². The molecule has 4 heteroatoms. The number of thiol groups is 1. The van der Waals surface area contributed by atoms with Crippen LogP contribution in [0.25, 0.3) is 0 Å². The largest absolute Gasteiger partial charge is 0.272 e. The third kappa shape index (κ3) is 2.90. The Kier molecular flexibility index (Phi) is 4.76. The first-order valence-electron chi connectivity index (χ1n) is 10.4. The van der Waals surface area contributed by atoms with Crippen LogP contribution in [0.2, 0.25) is 0 Å². The molecule has 0 unspecified atom stereocenters. The van der Waals surface area contributed by atoms with Crippen LogP contribution in [0.3, 0.4) is 0 Å². The highest BCUT2D eigenvalue weighted by Gasteiger charge is 2.59. The van der Waals surface area contributed by atoms with Gasteiger partial charge in [-0.05, 0) is 93.8 Å². The van der Waals surface area contributed by atoms with Crippen LogP contribution in [-0.2, 0) is 0 Å². The van der Waals surface area contributed by atoms with Crippen LogP contribution < -0.4 is 5.43 Å². The number of hydrazone groups is 1. The van der Waals surface area contributed by atoms with Crippen molar-refractivity contribution < 1.29 is 0 Å². The van der Waals surface area contributed by atoms with Gasteiger partial charge in [0.1, 0.15) is 0 Å². The number of rotatable bonds is 1. The fourth-order valence-electron chi connectivity index (χ4n) is 7.35. The van der Waals surface area contributed by atoms with Crippen molar-refractivity contribution in [1.29, 1.82) is 0 Å². The maximum absolute atomic E-state index is 5.17. The third-order valence-corrected chi connectivity index (χ3v) is 9.29. The molecule has 0 radical (unpaired) electrons. The minimum absolute atomic E-state index is 0.308. The van der Waals surface area contributed by atoms with Gasteiger partial charge in [0.25, 0.3) is 0 Å². The summed E-state index contributed by atoms with van der Waals surface area (Å²) in [5.74, 6) is 3.61. The zero-order valence-corrected chi connectivity index (χ0v) is 17.8. The first kappa shape index (κ1) is 18.3. The number of hydrogen-bond acceptors (Lipinski definition) is 3. The molecule has 7 atom stereocenters. The number of thiocarbonyl (C=S) groups is 1. The molecule has 0 aliphatic heterocycles. The molecule has 140 valence electrons. The summed E-state index contributed by atoms with van der Waals surface area (Å²) < 4.78 is 0. The Labute approximate surface area is 164 Å². The Morgan fingerprint density at radius 2 is 1.92 bits per heavy atom. The second-order valence-corrected chi connectivity index (χ2v) is 11.1. The SMILES string of the molecule is CC(=S)N/N=C1\CC[C@H]2[C@@H]3CC[C@H]4C[C@H](S)CC[C@]4(C)[C@H]3CC[C@]12C. The summed E-state index contributed by atoms with van der Waals surface area (Å²) >= 11 is 10.00. The smallest absolute Gasteiger partial charge is 0.0930 e. The van der Waals surface area contributed by atoms with Crippen LogP contribution in [0.15, 0.2) is 5.10 Å². The molecule has 0 amide bonds. The van der Waals surface area contributed by atoms with Crippen LogP contribution >= 0.6 is 24.8 Å². The van der Waals surface area contributed by atoms with Gasteiger partial charge in [0.05, 0.1) is 4.99 Å². The summed E-state index contributed by atoms with van der Waals surface area (Å²) in [6.45, 7) is 7.06. The molecule has 4 rings (SSSR count). The standard InChI is InChI=1S/C21H34N2S2/c1-13(24)22-23-19-7-6-17-16-5-4-14-12-15(25)8-10-20(14,2)18(16)9-11-21(17,19)3/h14-18,25H,4-12H2,1-3H3,(H,22,24)/b23-19+/t14-,15+,16-,17-,18-,20-,21-/m0/s1.